The highest BCUT2D eigenvalue weighted by atomic mass is 32.1. The summed E-state index contributed by atoms with van der Waals surface area (Å²) in [6.45, 7) is 2.56. The van der Waals surface area contributed by atoms with Gasteiger partial charge in [-0.1, -0.05) is 0 Å². The smallest absolute Gasteiger partial charge is 0.367 e. The van der Waals surface area contributed by atoms with Gasteiger partial charge in [0.05, 0.1) is 24.5 Å². The first-order valence-corrected chi connectivity index (χ1v) is 9.11. The van der Waals surface area contributed by atoms with Crippen molar-refractivity contribution in [2.75, 3.05) is 19.0 Å². The average molecular weight is 385 g/mol. The molecule has 0 amide bonds. The molecule has 0 bridgehead atoms. The highest BCUT2D eigenvalue weighted by Gasteiger charge is 2.13. The van der Waals surface area contributed by atoms with Crippen molar-refractivity contribution in [3.63, 3.8) is 0 Å². The van der Waals surface area contributed by atoms with Crippen LogP contribution in [0.1, 0.15) is 22.4 Å². The van der Waals surface area contributed by atoms with E-state index in [0.29, 0.717) is 29.8 Å². The van der Waals surface area contributed by atoms with Crippen molar-refractivity contribution in [3.05, 3.63) is 46.4 Å². The zero-order chi connectivity index (χ0) is 19.2. The summed E-state index contributed by atoms with van der Waals surface area (Å²) in [6.07, 6.45) is 6.43. The van der Waals surface area contributed by atoms with E-state index >= 15 is 0 Å². The Hall–Kier alpha value is -3.27. The Balaban J connectivity index is 1.83. The number of nitrogens with zero attached hydrogens (tertiary/aromatic N) is 4. The van der Waals surface area contributed by atoms with Crippen molar-refractivity contribution in [2.24, 2.45) is 0 Å². The van der Waals surface area contributed by atoms with Crippen molar-refractivity contribution >= 4 is 40.5 Å². The van der Waals surface area contributed by atoms with Crippen LogP contribution in [0.4, 0.5) is 5.95 Å². The molecule has 0 aliphatic carbocycles. The van der Waals surface area contributed by atoms with Gasteiger partial charge in [-0.15, -0.1) is 11.3 Å². The molecule has 0 saturated carbocycles. The molecule has 3 rings (SSSR count). The van der Waals surface area contributed by atoms with E-state index in [1.807, 2.05) is 22.2 Å². The second-order valence-corrected chi connectivity index (χ2v) is 6.30. The van der Waals surface area contributed by atoms with E-state index in [2.05, 4.69) is 25.6 Å². The van der Waals surface area contributed by atoms with Crippen molar-refractivity contribution < 1.29 is 9.53 Å². The maximum atomic E-state index is 11.8. The minimum Gasteiger partial charge on any atom is -0.461 e. The maximum Gasteiger partial charge on any atom is 0.367 e. The fraction of sp³-hybridized carbons (Fsp3) is 0.235. The molecule has 0 atom stereocenters. The largest absolute Gasteiger partial charge is 0.461 e. The number of carbonyl (C=O) groups is 1. The fourth-order valence-corrected chi connectivity index (χ4v) is 3.10. The van der Waals surface area contributed by atoms with Gasteiger partial charge >= 0.3 is 5.97 Å². The second-order valence-electron chi connectivity index (χ2n) is 5.44. The van der Waals surface area contributed by atoms with E-state index in [4.69, 9.17) is 10.1 Å². The van der Waals surface area contributed by atoms with E-state index in [0.717, 1.165) is 16.7 Å². The summed E-state index contributed by atoms with van der Waals surface area (Å²) < 4.78 is 6.90. The van der Waals surface area contributed by atoms with Crippen LogP contribution in [0.5, 0.6) is 0 Å². The van der Waals surface area contributed by atoms with Crippen LogP contribution in [0, 0.1) is 5.41 Å². The van der Waals surface area contributed by atoms with E-state index < -0.39 is 5.97 Å². The van der Waals surface area contributed by atoms with Gasteiger partial charge < -0.3 is 25.3 Å². The van der Waals surface area contributed by atoms with Crippen LogP contribution in [-0.2, 0) is 11.3 Å². The Kier molecular flexibility index (Phi) is 5.77. The number of thiazole rings is 1. The highest BCUT2D eigenvalue weighted by molar-refractivity contribution is 7.11. The van der Waals surface area contributed by atoms with Crippen molar-refractivity contribution in [1.29, 1.82) is 5.41 Å². The number of fused-ring (bicyclic) bond motifs is 1. The minimum absolute atomic E-state index is 0.322. The summed E-state index contributed by atoms with van der Waals surface area (Å²) in [6, 6.07) is 1.92. The molecule has 0 aliphatic rings. The van der Waals surface area contributed by atoms with Crippen LogP contribution in [0.3, 0.4) is 0 Å². The molecule has 9 nitrogen and oxygen atoms in total. The van der Waals surface area contributed by atoms with Crippen LogP contribution < -0.4 is 10.6 Å². The molecule has 0 radical (unpaired) electrons. The molecule has 3 N–H and O–H groups in total. The molecule has 0 spiro atoms. The van der Waals surface area contributed by atoms with Crippen LogP contribution in [0.15, 0.2) is 35.7 Å². The molecule has 0 unspecified atom stereocenters. The number of ether oxygens (including phenoxy) is 1. The lowest BCUT2D eigenvalue weighted by Crippen LogP contribution is -2.09. The number of nitrogens with one attached hydrogen (secondary N) is 3. The second kappa shape index (κ2) is 8.41. The third-order valence-electron chi connectivity index (χ3n) is 3.55. The zero-order valence-corrected chi connectivity index (χ0v) is 15.7. The molecule has 0 fully saturated rings. The van der Waals surface area contributed by atoms with Crippen molar-refractivity contribution in [3.8, 4) is 0 Å². The van der Waals surface area contributed by atoms with E-state index in [9.17, 15) is 4.79 Å². The SMILES string of the molecule is CCOC(=O)c1nc(Cn2ccc3cnc(N/C(C=N)=C/NC)nc32)cs1. The van der Waals surface area contributed by atoms with Gasteiger partial charge in [0.25, 0.3) is 0 Å². The van der Waals surface area contributed by atoms with Gasteiger partial charge in [-0.25, -0.2) is 14.8 Å². The number of rotatable bonds is 8. The Morgan fingerprint density at radius 1 is 1.44 bits per heavy atom. The third kappa shape index (κ3) is 4.29. The predicted octanol–water partition coefficient (Wildman–Crippen LogP) is 2.24. The molecule has 3 aromatic heterocycles. The van der Waals surface area contributed by atoms with Gasteiger partial charge in [0.1, 0.15) is 5.65 Å². The molecule has 10 heteroatoms. The number of hydrogen-bond donors (Lipinski definition) is 3. The molecule has 0 saturated heterocycles. The highest BCUT2D eigenvalue weighted by Crippen LogP contribution is 2.18. The van der Waals surface area contributed by atoms with E-state index in [-0.39, 0.29) is 0 Å². The lowest BCUT2D eigenvalue weighted by molar-refractivity contribution is 0.0525. The van der Waals surface area contributed by atoms with Crippen LogP contribution in [-0.4, -0.2) is 45.4 Å². The summed E-state index contributed by atoms with van der Waals surface area (Å²) >= 11 is 1.26. The fourth-order valence-electron chi connectivity index (χ4n) is 2.40. The molecule has 3 aromatic rings. The predicted molar refractivity (Wildman–Crippen MR) is 104 cm³/mol. The Morgan fingerprint density at radius 3 is 3.04 bits per heavy atom. The summed E-state index contributed by atoms with van der Waals surface area (Å²) in [5.74, 6) is -0.0200. The van der Waals surface area contributed by atoms with E-state index in [1.54, 1.807) is 26.4 Å². The molecule has 3 heterocycles. The third-order valence-corrected chi connectivity index (χ3v) is 4.42. The number of hydrogen-bond acceptors (Lipinski definition) is 9. The first-order chi connectivity index (χ1) is 13.1. The number of allylic oxidation sites excluding steroid dienone is 1. The van der Waals surface area contributed by atoms with Crippen molar-refractivity contribution in [2.45, 2.75) is 13.5 Å². The van der Waals surface area contributed by atoms with Crippen molar-refractivity contribution in [1.82, 2.24) is 24.8 Å². The first kappa shape index (κ1) is 18.5. The quantitative estimate of drug-likeness (QED) is 0.402. The Morgan fingerprint density at radius 2 is 2.30 bits per heavy atom. The topological polar surface area (TPSA) is 118 Å². The molecule has 27 heavy (non-hydrogen) atoms. The van der Waals surface area contributed by atoms with Crippen LogP contribution in [0.2, 0.25) is 0 Å². The normalized spacial score (nSPS) is 11.4. The van der Waals surface area contributed by atoms with Gasteiger partial charge in [0, 0.05) is 42.6 Å². The summed E-state index contributed by atoms with van der Waals surface area (Å²) in [5.41, 5.74) is 2.02. The molecular weight excluding hydrogens is 366 g/mol. The zero-order valence-electron chi connectivity index (χ0n) is 14.9. The molecule has 0 aromatic carbocycles. The van der Waals surface area contributed by atoms with Gasteiger partial charge in [0.15, 0.2) is 0 Å². The van der Waals surface area contributed by atoms with Crippen LogP contribution in [0.25, 0.3) is 11.0 Å². The standard InChI is InChI=1S/C17H19N7O2S/c1-3-26-16(25)15-21-13(10-27-15)9-24-5-4-11-7-20-17(23-14(11)24)22-12(6-18)8-19-2/h4-8,10,18-19H,3,9H2,1-2H3,(H,20,22,23)/b12-8+,18-6?. The van der Waals surface area contributed by atoms with Gasteiger partial charge in [-0.3, -0.25) is 0 Å². The van der Waals surface area contributed by atoms with Gasteiger partial charge in [-0.05, 0) is 13.0 Å². The maximum absolute atomic E-state index is 11.8. The average Bonchev–Trinajstić information content (AvgIpc) is 3.29. The van der Waals surface area contributed by atoms with Crippen LogP contribution >= 0.6 is 11.3 Å². The lowest BCUT2D eigenvalue weighted by atomic mass is 10.4. The summed E-state index contributed by atoms with van der Waals surface area (Å²) in [4.78, 5) is 24.9. The molecule has 0 aliphatic heterocycles. The number of carbonyl (C=O) groups excluding carboxylic acids is 1. The van der Waals surface area contributed by atoms with Gasteiger partial charge in [0.2, 0.25) is 11.0 Å². The summed E-state index contributed by atoms with van der Waals surface area (Å²) in [5, 5.41) is 16.3. The minimum atomic E-state index is -0.407. The van der Waals surface area contributed by atoms with Gasteiger partial charge in [-0.2, -0.15) is 4.98 Å². The number of aromatic nitrogens is 4. The lowest BCUT2D eigenvalue weighted by Gasteiger charge is -2.06. The number of esters is 1. The molecular formula is C17H19N7O2S. The van der Waals surface area contributed by atoms with E-state index in [1.165, 1.54) is 17.6 Å². The Bertz CT molecular complexity index is 992. The monoisotopic (exact) mass is 385 g/mol. The Labute approximate surface area is 159 Å². The summed E-state index contributed by atoms with van der Waals surface area (Å²) in [7, 11) is 1.75. The molecule has 140 valence electrons. The number of anilines is 1. The first-order valence-electron chi connectivity index (χ1n) is 8.23.